The summed E-state index contributed by atoms with van der Waals surface area (Å²) >= 11 is 6.86. The molecule has 0 spiro atoms. The minimum Gasteiger partial charge on any atom is -0.489 e. The van der Waals surface area contributed by atoms with E-state index in [4.69, 9.17) is 16.3 Å². The number of carbonyl (C=O) groups excluding carboxylic acids is 2. The van der Waals surface area contributed by atoms with Gasteiger partial charge in [0.1, 0.15) is 18.2 Å². The number of hydrogen-bond donors (Lipinski definition) is 0. The predicted octanol–water partition coefficient (Wildman–Crippen LogP) is 6.60. The summed E-state index contributed by atoms with van der Waals surface area (Å²) in [6, 6.07) is 19.5. The standard InChI is InChI=1S/C25H19ClFNO3S/c1-16-5-2-3-6-18(16)15-31-19-11-9-17(10-12-19)13-23-24(29)28(25(30)32-23)14-20-21(26)7-4-8-22(20)27/h2-13H,14-15H2,1H3/b23-13-. The Morgan fingerprint density at radius 3 is 2.50 bits per heavy atom. The largest absolute Gasteiger partial charge is 0.489 e. The highest BCUT2D eigenvalue weighted by molar-refractivity contribution is 8.18. The van der Waals surface area contributed by atoms with Crippen molar-refractivity contribution in [1.29, 1.82) is 0 Å². The number of carbonyl (C=O) groups is 2. The summed E-state index contributed by atoms with van der Waals surface area (Å²) in [4.78, 5) is 26.4. The number of nitrogens with zero attached hydrogens (tertiary/aromatic N) is 1. The number of benzene rings is 3. The number of aryl methyl sites for hydroxylation is 1. The molecule has 0 radical (unpaired) electrons. The molecule has 3 aromatic carbocycles. The van der Waals surface area contributed by atoms with Crippen LogP contribution >= 0.6 is 23.4 Å². The molecule has 0 N–H and O–H groups in total. The van der Waals surface area contributed by atoms with Gasteiger partial charge in [-0.25, -0.2) is 4.39 Å². The topological polar surface area (TPSA) is 46.6 Å². The Bertz CT molecular complexity index is 1190. The van der Waals surface area contributed by atoms with E-state index < -0.39 is 17.0 Å². The first-order chi connectivity index (χ1) is 15.4. The fraction of sp³-hybridized carbons (Fsp3) is 0.120. The molecule has 0 bridgehead atoms. The number of hydrogen-bond acceptors (Lipinski definition) is 4. The Morgan fingerprint density at radius 2 is 1.78 bits per heavy atom. The lowest BCUT2D eigenvalue weighted by molar-refractivity contribution is -0.123. The molecular weight excluding hydrogens is 449 g/mol. The van der Waals surface area contributed by atoms with Gasteiger partial charge in [-0.2, -0.15) is 0 Å². The van der Waals surface area contributed by atoms with E-state index in [0.717, 1.165) is 33.4 Å². The minimum absolute atomic E-state index is 0.118. The van der Waals surface area contributed by atoms with Gasteiger partial charge in [0.25, 0.3) is 11.1 Å². The lowest BCUT2D eigenvalue weighted by Gasteiger charge is -2.14. The van der Waals surface area contributed by atoms with Crippen molar-refractivity contribution in [2.24, 2.45) is 0 Å². The quantitative estimate of drug-likeness (QED) is 0.383. The number of amides is 2. The van der Waals surface area contributed by atoms with E-state index in [1.54, 1.807) is 6.08 Å². The van der Waals surface area contributed by atoms with E-state index in [1.807, 2.05) is 55.5 Å². The van der Waals surface area contributed by atoms with Crippen LogP contribution in [0, 0.1) is 12.7 Å². The fourth-order valence-corrected chi connectivity index (χ4v) is 4.28. The molecule has 0 aromatic heterocycles. The number of thioether (sulfide) groups is 1. The molecule has 1 aliphatic rings. The van der Waals surface area contributed by atoms with Crippen molar-refractivity contribution in [2.75, 3.05) is 0 Å². The average Bonchev–Trinajstić information content (AvgIpc) is 3.04. The smallest absolute Gasteiger partial charge is 0.293 e. The van der Waals surface area contributed by atoms with Crippen LogP contribution in [0.2, 0.25) is 5.02 Å². The second-order valence-corrected chi connectivity index (χ2v) is 8.65. The normalized spacial score (nSPS) is 15.0. The Morgan fingerprint density at radius 1 is 1.03 bits per heavy atom. The van der Waals surface area contributed by atoms with Crippen LogP contribution in [-0.2, 0) is 17.9 Å². The molecule has 32 heavy (non-hydrogen) atoms. The maximum absolute atomic E-state index is 14.1. The second kappa shape index (κ2) is 9.59. The van der Waals surface area contributed by atoms with Gasteiger partial charge in [0.15, 0.2) is 0 Å². The molecule has 1 heterocycles. The van der Waals surface area contributed by atoms with Gasteiger partial charge in [-0.3, -0.25) is 14.5 Å². The van der Waals surface area contributed by atoms with Gasteiger partial charge in [0.05, 0.1) is 11.4 Å². The van der Waals surface area contributed by atoms with Crippen molar-refractivity contribution in [2.45, 2.75) is 20.1 Å². The first kappa shape index (κ1) is 22.1. The molecule has 4 rings (SSSR count). The van der Waals surface area contributed by atoms with Crippen LogP contribution < -0.4 is 4.74 Å². The molecule has 1 aliphatic heterocycles. The van der Waals surface area contributed by atoms with Crippen LogP contribution in [0.15, 0.2) is 71.6 Å². The lowest BCUT2D eigenvalue weighted by Crippen LogP contribution is -2.28. The zero-order chi connectivity index (χ0) is 22.7. The van der Waals surface area contributed by atoms with Crippen LogP contribution in [0.25, 0.3) is 6.08 Å². The zero-order valence-electron chi connectivity index (χ0n) is 17.2. The Balaban J connectivity index is 1.44. The minimum atomic E-state index is -0.554. The van der Waals surface area contributed by atoms with Crippen molar-refractivity contribution in [3.05, 3.63) is 105 Å². The predicted molar refractivity (Wildman–Crippen MR) is 125 cm³/mol. The van der Waals surface area contributed by atoms with Gasteiger partial charge >= 0.3 is 0 Å². The summed E-state index contributed by atoms with van der Waals surface area (Å²) in [5.41, 5.74) is 3.15. The molecule has 0 atom stereocenters. The van der Waals surface area contributed by atoms with E-state index in [9.17, 15) is 14.0 Å². The van der Waals surface area contributed by atoms with Gasteiger partial charge in [-0.1, -0.05) is 54.1 Å². The molecule has 0 unspecified atom stereocenters. The summed E-state index contributed by atoms with van der Waals surface area (Å²) in [7, 11) is 0. The number of rotatable bonds is 6. The van der Waals surface area contributed by atoms with Crippen LogP contribution in [0.4, 0.5) is 9.18 Å². The van der Waals surface area contributed by atoms with Gasteiger partial charge in [-0.05, 0) is 65.7 Å². The maximum Gasteiger partial charge on any atom is 0.293 e. The summed E-state index contributed by atoms with van der Waals surface area (Å²) in [6.07, 6.45) is 1.64. The molecule has 1 fully saturated rings. The van der Waals surface area contributed by atoms with Crippen LogP contribution in [-0.4, -0.2) is 16.0 Å². The van der Waals surface area contributed by atoms with E-state index in [1.165, 1.54) is 18.2 Å². The van der Waals surface area contributed by atoms with Crippen molar-refractivity contribution < 1.29 is 18.7 Å². The third-order valence-electron chi connectivity index (χ3n) is 5.08. The van der Waals surface area contributed by atoms with E-state index in [0.29, 0.717) is 12.4 Å². The zero-order valence-corrected chi connectivity index (χ0v) is 18.8. The molecule has 162 valence electrons. The maximum atomic E-state index is 14.1. The number of halogens is 2. The molecular formula is C25H19ClFNO3S. The Hall–Kier alpha value is -3.09. The number of imide groups is 1. The highest BCUT2D eigenvalue weighted by Gasteiger charge is 2.35. The van der Waals surface area contributed by atoms with E-state index >= 15 is 0 Å². The van der Waals surface area contributed by atoms with Crippen molar-refractivity contribution in [3.63, 3.8) is 0 Å². The summed E-state index contributed by atoms with van der Waals surface area (Å²) in [6.45, 7) is 2.29. The fourth-order valence-electron chi connectivity index (χ4n) is 3.22. The summed E-state index contributed by atoms with van der Waals surface area (Å²) in [5.74, 6) is -0.325. The molecule has 3 aromatic rings. The van der Waals surface area contributed by atoms with Crippen LogP contribution in [0.3, 0.4) is 0 Å². The molecule has 0 saturated carbocycles. The third kappa shape index (κ3) is 4.87. The summed E-state index contributed by atoms with van der Waals surface area (Å²) in [5, 5.41) is -0.284. The third-order valence-corrected chi connectivity index (χ3v) is 6.35. The Labute approximate surface area is 194 Å². The van der Waals surface area contributed by atoms with E-state index in [-0.39, 0.29) is 22.0 Å². The highest BCUT2D eigenvalue weighted by Crippen LogP contribution is 2.34. The first-order valence-corrected chi connectivity index (χ1v) is 11.1. The molecule has 4 nitrogen and oxygen atoms in total. The lowest BCUT2D eigenvalue weighted by atomic mass is 10.1. The van der Waals surface area contributed by atoms with Crippen molar-refractivity contribution >= 4 is 40.6 Å². The average molecular weight is 468 g/mol. The second-order valence-electron chi connectivity index (χ2n) is 7.25. The molecule has 0 aliphatic carbocycles. The number of ether oxygens (including phenoxy) is 1. The molecule has 1 saturated heterocycles. The Kier molecular flexibility index (Phi) is 6.63. The highest BCUT2D eigenvalue weighted by atomic mass is 35.5. The van der Waals surface area contributed by atoms with Crippen molar-refractivity contribution in [3.8, 4) is 5.75 Å². The first-order valence-electron chi connectivity index (χ1n) is 9.88. The SMILES string of the molecule is Cc1ccccc1COc1ccc(/C=C2\SC(=O)N(Cc3c(F)cccc3Cl)C2=O)cc1. The van der Waals surface area contributed by atoms with Crippen molar-refractivity contribution in [1.82, 2.24) is 4.90 Å². The van der Waals surface area contributed by atoms with Gasteiger partial charge in [0, 0.05) is 10.6 Å². The molecule has 7 heteroatoms. The summed E-state index contributed by atoms with van der Waals surface area (Å²) < 4.78 is 19.9. The van der Waals surface area contributed by atoms with Crippen LogP contribution in [0.5, 0.6) is 5.75 Å². The van der Waals surface area contributed by atoms with Crippen LogP contribution in [0.1, 0.15) is 22.3 Å². The van der Waals surface area contributed by atoms with E-state index in [2.05, 4.69) is 0 Å². The molecule has 2 amide bonds. The van der Waals surface area contributed by atoms with Gasteiger partial charge in [0.2, 0.25) is 0 Å². The van der Waals surface area contributed by atoms with Gasteiger partial charge in [-0.15, -0.1) is 0 Å². The monoisotopic (exact) mass is 467 g/mol. The van der Waals surface area contributed by atoms with Gasteiger partial charge < -0.3 is 4.74 Å².